The Labute approximate surface area is 130 Å². The molecule has 0 heterocycles. The number of ether oxygens (including phenoxy) is 1. The molecule has 118 valence electrons. The summed E-state index contributed by atoms with van der Waals surface area (Å²) in [5.41, 5.74) is 1.70. The molecule has 0 bridgehead atoms. The van der Waals surface area contributed by atoms with Gasteiger partial charge in [0.25, 0.3) is 0 Å². The molecular formula is C19H31NO. The monoisotopic (exact) mass is 289 g/mol. The largest absolute Gasteiger partial charge is 0.377 e. The number of rotatable bonds is 8. The van der Waals surface area contributed by atoms with Gasteiger partial charge in [0.15, 0.2) is 0 Å². The third-order valence-corrected chi connectivity index (χ3v) is 4.68. The lowest BCUT2D eigenvalue weighted by molar-refractivity contribution is -0.123. The maximum absolute atomic E-state index is 6.02. The Kier molecular flexibility index (Phi) is 5.83. The summed E-state index contributed by atoms with van der Waals surface area (Å²) < 4.78 is 6.02. The van der Waals surface area contributed by atoms with E-state index in [4.69, 9.17) is 4.74 Å². The topological polar surface area (TPSA) is 21.3 Å². The first-order valence-corrected chi connectivity index (χ1v) is 8.39. The van der Waals surface area contributed by atoms with E-state index in [0.717, 1.165) is 26.0 Å². The molecule has 1 saturated carbocycles. The number of hydrogen-bond acceptors (Lipinski definition) is 2. The Morgan fingerprint density at radius 2 is 1.95 bits per heavy atom. The van der Waals surface area contributed by atoms with Crippen LogP contribution in [0.5, 0.6) is 0 Å². The highest BCUT2D eigenvalue weighted by molar-refractivity contribution is 5.14. The van der Waals surface area contributed by atoms with Crippen LogP contribution in [0.2, 0.25) is 0 Å². The van der Waals surface area contributed by atoms with Crippen LogP contribution in [-0.2, 0) is 11.2 Å². The van der Waals surface area contributed by atoms with E-state index in [-0.39, 0.29) is 5.41 Å². The third-order valence-electron chi connectivity index (χ3n) is 4.68. The van der Waals surface area contributed by atoms with Crippen molar-refractivity contribution >= 4 is 0 Å². The van der Waals surface area contributed by atoms with E-state index in [2.05, 4.69) is 63.3 Å². The molecule has 1 aliphatic carbocycles. The van der Waals surface area contributed by atoms with Crippen molar-refractivity contribution in [2.45, 2.75) is 59.1 Å². The Balaban J connectivity index is 1.64. The zero-order valence-corrected chi connectivity index (χ0v) is 14.1. The summed E-state index contributed by atoms with van der Waals surface area (Å²) >= 11 is 0. The van der Waals surface area contributed by atoms with Crippen LogP contribution in [0.4, 0.5) is 0 Å². The molecule has 1 N–H and O–H groups in total. The highest BCUT2D eigenvalue weighted by Crippen LogP contribution is 2.42. The second-order valence-corrected chi connectivity index (χ2v) is 7.37. The van der Waals surface area contributed by atoms with Crippen molar-refractivity contribution in [2.75, 3.05) is 13.2 Å². The van der Waals surface area contributed by atoms with Gasteiger partial charge in [0.1, 0.15) is 0 Å². The Morgan fingerprint density at radius 3 is 2.57 bits per heavy atom. The molecule has 2 atom stereocenters. The van der Waals surface area contributed by atoms with Gasteiger partial charge in [0.2, 0.25) is 0 Å². The average Bonchev–Trinajstić information content (AvgIpc) is 2.45. The minimum absolute atomic E-state index is 0.266. The van der Waals surface area contributed by atoms with E-state index in [1.807, 2.05) is 0 Å². The van der Waals surface area contributed by atoms with E-state index < -0.39 is 0 Å². The lowest BCUT2D eigenvalue weighted by atomic mass is 9.64. The van der Waals surface area contributed by atoms with Crippen LogP contribution in [0.1, 0.15) is 46.1 Å². The average molecular weight is 289 g/mol. The molecule has 2 rings (SSSR count). The van der Waals surface area contributed by atoms with Crippen LogP contribution in [0.3, 0.4) is 0 Å². The Hall–Kier alpha value is -0.860. The summed E-state index contributed by atoms with van der Waals surface area (Å²) in [6, 6.07) is 11.3. The van der Waals surface area contributed by atoms with Crippen LogP contribution in [-0.4, -0.2) is 25.3 Å². The first-order valence-electron chi connectivity index (χ1n) is 8.39. The zero-order chi connectivity index (χ0) is 15.3. The molecule has 0 aliphatic heterocycles. The predicted molar refractivity (Wildman–Crippen MR) is 89.5 cm³/mol. The van der Waals surface area contributed by atoms with Crippen molar-refractivity contribution < 1.29 is 4.74 Å². The fourth-order valence-corrected chi connectivity index (χ4v) is 3.04. The van der Waals surface area contributed by atoms with Crippen LogP contribution < -0.4 is 5.32 Å². The summed E-state index contributed by atoms with van der Waals surface area (Å²) in [6.45, 7) is 11.1. The van der Waals surface area contributed by atoms with Crippen LogP contribution in [0, 0.1) is 11.3 Å². The summed E-state index contributed by atoms with van der Waals surface area (Å²) in [7, 11) is 0. The van der Waals surface area contributed by atoms with Gasteiger partial charge in [-0.05, 0) is 37.3 Å². The standard InChI is InChI=1S/C19H31NO/c1-15(2)14-21-18-13-17(19(18,3)4)20-12-8-11-16-9-6-5-7-10-16/h5-7,9-10,15,17-18,20H,8,11-14H2,1-4H3. The van der Waals surface area contributed by atoms with Gasteiger partial charge < -0.3 is 10.1 Å². The van der Waals surface area contributed by atoms with E-state index in [1.54, 1.807) is 0 Å². The molecular weight excluding hydrogens is 258 g/mol. The van der Waals surface area contributed by atoms with Gasteiger partial charge in [-0.3, -0.25) is 0 Å². The molecule has 2 heteroatoms. The van der Waals surface area contributed by atoms with E-state index in [9.17, 15) is 0 Å². The van der Waals surface area contributed by atoms with Crippen molar-refractivity contribution in [3.8, 4) is 0 Å². The molecule has 0 aromatic heterocycles. The quantitative estimate of drug-likeness (QED) is 0.729. The maximum Gasteiger partial charge on any atom is 0.0656 e. The minimum Gasteiger partial charge on any atom is -0.377 e. The molecule has 0 saturated heterocycles. The summed E-state index contributed by atoms with van der Waals surface area (Å²) in [4.78, 5) is 0. The molecule has 2 nitrogen and oxygen atoms in total. The normalized spacial score (nSPS) is 24.0. The number of nitrogens with one attached hydrogen (secondary N) is 1. The number of hydrogen-bond donors (Lipinski definition) is 1. The van der Waals surface area contributed by atoms with Crippen LogP contribution in [0.15, 0.2) is 30.3 Å². The summed E-state index contributed by atoms with van der Waals surface area (Å²) in [6.07, 6.45) is 3.94. The fraction of sp³-hybridized carbons (Fsp3) is 0.684. The van der Waals surface area contributed by atoms with Gasteiger partial charge in [0.05, 0.1) is 6.10 Å². The van der Waals surface area contributed by atoms with Crippen molar-refractivity contribution in [2.24, 2.45) is 11.3 Å². The number of benzene rings is 1. The summed E-state index contributed by atoms with van der Waals surface area (Å²) in [5, 5.41) is 3.72. The van der Waals surface area contributed by atoms with Gasteiger partial charge >= 0.3 is 0 Å². The fourth-order valence-electron chi connectivity index (χ4n) is 3.04. The van der Waals surface area contributed by atoms with E-state index in [0.29, 0.717) is 18.1 Å². The van der Waals surface area contributed by atoms with Gasteiger partial charge in [0, 0.05) is 18.1 Å². The van der Waals surface area contributed by atoms with Crippen molar-refractivity contribution in [3.05, 3.63) is 35.9 Å². The molecule has 0 amide bonds. The molecule has 2 unspecified atom stereocenters. The molecule has 1 aliphatic rings. The highest BCUT2D eigenvalue weighted by atomic mass is 16.5. The lowest BCUT2D eigenvalue weighted by Gasteiger charge is -2.52. The molecule has 1 aromatic rings. The van der Waals surface area contributed by atoms with E-state index in [1.165, 1.54) is 12.0 Å². The molecule has 1 aromatic carbocycles. The molecule has 0 spiro atoms. The third kappa shape index (κ3) is 4.55. The second kappa shape index (κ2) is 7.42. The van der Waals surface area contributed by atoms with Crippen molar-refractivity contribution in [1.82, 2.24) is 5.32 Å². The Bertz CT molecular complexity index is 413. The SMILES string of the molecule is CC(C)COC1CC(NCCCc2ccccc2)C1(C)C. The van der Waals surface area contributed by atoms with Gasteiger partial charge in [-0.15, -0.1) is 0 Å². The molecule has 0 radical (unpaired) electrons. The van der Waals surface area contributed by atoms with Crippen LogP contribution >= 0.6 is 0 Å². The first-order chi connectivity index (χ1) is 10.00. The summed E-state index contributed by atoms with van der Waals surface area (Å²) in [5.74, 6) is 0.624. The van der Waals surface area contributed by atoms with Crippen molar-refractivity contribution in [1.29, 1.82) is 0 Å². The smallest absolute Gasteiger partial charge is 0.0656 e. The lowest BCUT2D eigenvalue weighted by Crippen LogP contribution is -2.61. The van der Waals surface area contributed by atoms with Gasteiger partial charge in [-0.2, -0.15) is 0 Å². The Morgan fingerprint density at radius 1 is 1.24 bits per heavy atom. The van der Waals surface area contributed by atoms with Gasteiger partial charge in [-0.1, -0.05) is 58.0 Å². The van der Waals surface area contributed by atoms with Gasteiger partial charge in [-0.25, -0.2) is 0 Å². The number of aryl methyl sites for hydroxylation is 1. The molecule has 1 fully saturated rings. The van der Waals surface area contributed by atoms with E-state index >= 15 is 0 Å². The second-order valence-electron chi connectivity index (χ2n) is 7.37. The van der Waals surface area contributed by atoms with Crippen molar-refractivity contribution in [3.63, 3.8) is 0 Å². The minimum atomic E-state index is 0.266. The predicted octanol–water partition coefficient (Wildman–Crippen LogP) is 4.05. The molecule has 21 heavy (non-hydrogen) atoms. The van der Waals surface area contributed by atoms with Crippen LogP contribution in [0.25, 0.3) is 0 Å². The maximum atomic E-state index is 6.02. The first kappa shape index (κ1) is 16.5. The zero-order valence-electron chi connectivity index (χ0n) is 14.1. The highest BCUT2D eigenvalue weighted by Gasteiger charge is 2.48.